The van der Waals surface area contributed by atoms with Crippen LogP contribution in [0.15, 0.2) is 41.5 Å². The third-order valence-corrected chi connectivity index (χ3v) is 3.31. The SMILES string of the molecule is CC/C=C\C(=NC)N1CCN(c2ccccn2)CC1. The minimum absolute atomic E-state index is 0.996. The number of aliphatic imine (C=N–C) groups is 1. The predicted molar refractivity (Wildman–Crippen MR) is 80.8 cm³/mol. The van der Waals surface area contributed by atoms with Crippen LogP contribution in [0.4, 0.5) is 5.82 Å². The Bertz CT molecular complexity index is 431. The summed E-state index contributed by atoms with van der Waals surface area (Å²) in [6.07, 6.45) is 7.18. The lowest BCUT2D eigenvalue weighted by Gasteiger charge is -2.36. The number of hydrogen-bond acceptors (Lipinski definition) is 3. The second kappa shape index (κ2) is 6.92. The number of piperazine rings is 1. The molecule has 102 valence electrons. The van der Waals surface area contributed by atoms with Crippen molar-refractivity contribution in [3.8, 4) is 0 Å². The molecule has 0 aromatic carbocycles. The predicted octanol–water partition coefficient (Wildman–Crippen LogP) is 2.20. The molecule has 0 radical (unpaired) electrons. The molecule has 0 N–H and O–H groups in total. The molecule has 0 saturated carbocycles. The fourth-order valence-corrected chi connectivity index (χ4v) is 2.25. The van der Waals surface area contributed by atoms with Crippen molar-refractivity contribution >= 4 is 11.7 Å². The quantitative estimate of drug-likeness (QED) is 0.615. The van der Waals surface area contributed by atoms with Crippen LogP contribution in [-0.4, -0.2) is 48.9 Å². The number of aromatic nitrogens is 1. The maximum absolute atomic E-state index is 4.41. The summed E-state index contributed by atoms with van der Waals surface area (Å²) in [4.78, 5) is 13.4. The second-order valence-corrected chi connectivity index (χ2v) is 4.55. The van der Waals surface area contributed by atoms with Crippen molar-refractivity contribution < 1.29 is 0 Å². The van der Waals surface area contributed by atoms with Crippen LogP contribution in [0.2, 0.25) is 0 Å². The van der Waals surface area contributed by atoms with Gasteiger partial charge in [-0.15, -0.1) is 0 Å². The molecule has 0 atom stereocenters. The number of amidine groups is 1. The van der Waals surface area contributed by atoms with Gasteiger partial charge in [-0.2, -0.15) is 0 Å². The molecule has 0 bridgehead atoms. The highest BCUT2D eigenvalue weighted by molar-refractivity contribution is 5.93. The molecule has 0 unspecified atom stereocenters. The fraction of sp³-hybridized carbons (Fsp3) is 0.467. The van der Waals surface area contributed by atoms with E-state index in [0.29, 0.717) is 0 Å². The minimum Gasteiger partial charge on any atom is -0.353 e. The van der Waals surface area contributed by atoms with Gasteiger partial charge in [0.1, 0.15) is 11.7 Å². The van der Waals surface area contributed by atoms with Gasteiger partial charge in [-0.3, -0.25) is 4.99 Å². The van der Waals surface area contributed by atoms with Crippen molar-refractivity contribution in [1.82, 2.24) is 9.88 Å². The maximum Gasteiger partial charge on any atom is 0.128 e. The van der Waals surface area contributed by atoms with E-state index in [2.05, 4.69) is 44.9 Å². The number of nitrogens with zero attached hydrogens (tertiary/aromatic N) is 4. The highest BCUT2D eigenvalue weighted by Gasteiger charge is 2.18. The maximum atomic E-state index is 4.41. The Morgan fingerprint density at radius 3 is 2.68 bits per heavy atom. The van der Waals surface area contributed by atoms with Crippen molar-refractivity contribution in [2.75, 3.05) is 38.1 Å². The van der Waals surface area contributed by atoms with E-state index < -0.39 is 0 Å². The summed E-state index contributed by atoms with van der Waals surface area (Å²) >= 11 is 0. The van der Waals surface area contributed by atoms with Crippen LogP contribution in [0.3, 0.4) is 0 Å². The first-order valence-electron chi connectivity index (χ1n) is 6.89. The van der Waals surface area contributed by atoms with Gasteiger partial charge in [0.25, 0.3) is 0 Å². The van der Waals surface area contributed by atoms with E-state index in [-0.39, 0.29) is 0 Å². The van der Waals surface area contributed by atoms with E-state index >= 15 is 0 Å². The Hall–Kier alpha value is -1.84. The van der Waals surface area contributed by atoms with Gasteiger partial charge in [0, 0.05) is 39.4 Å². The van der Waals surface area contributed by atoms with Crippen molar-refractivity contribution in [1.29, 1.82) is 0 Å². The number of anilines is 1. The van der Waals surface area contributed by atoms with Gasteiger partial charge in [0.05, 0.1) is 0 Å². The molecule has 1 aromatic rings. The Labute approximate surface area is 115 Å². The average Bonchev–Trinajstić information content (AvgIpc) is 2.49. The Kier molecular flexibility index (Phi) is 4.95. The molecule has 1 aromatic heterocycles. The third kappa shape index (κ3) is 3.56. The summed E-state index contributed by atoms with van der Waals surface area (Å²) in [5.41, 5.74) is 0. The van der Waals surface area contributed by atoms with Crippen LogP contribution < -0.4 is 4.90 Å². The van der Waals surface area contributed by atoms with Crippen LogP contribution in [-0.2, 0) is 0 Å². The van der Waals surface area contributed by atoms with Crippen LogP contribution >= 0.6 is 0 Å². The van der Waals surface area contributed by atoms with E-state index in [1.807, 2.05) is 25.4 Å². The first-order valence-corrected chi connectivity index (χ1v) is 6.89. The topological polar surface area (TPSA) is 31.7 Å². The zero-order valence-corrected chi connectivity index (χ0v) is 11.8. The molecule has 19 heavy (non-hydrogen) atoms. The Morgan fingerprint density at radius 2 is 2.11 bits per heavy atom. The summed E-state index contributed by atoms with van der Waals surface area (Å²) in [5, 5.41) is 0. The summed E-state index contributed by atoms with van der Waals surface area (Å²) in [5.74, 6) is 2.16. The second-order valence-electron chi connectivity index (χ2n) is 4.55. The van der Waals surface area contributed by atoms with Gasteiger partial charge in [0.2, 0.25) is 0 Å². The summed E-state index contributed by atoms with van der Waals surface area (Å²) in [7, 11) is 1.86. The van der Waals surface area contributed by atoms with Crippen molar-refractivity contribution in [3.05, 3.63) is 36.5 Å². The van der Waals surface area contributed by atoms with E-state index in [0.717, 1.165) is 44.3 Å². The van der Waals surface area contributed by atoms with Gasteiger partial charge in [-0.25, -0.2) is 4.98 Å². The molecule has 1 saturated heterocycles. The molecule has 0 amide bonds. The first kappa shape index (κ1) is 13.6. The van der Waals surface area contributed by atoms with Crippen LogP contribution in [0, 0.1) is 0 Å². The van der Waals surface area contributed by atoms with Gasteiger partial charge in [-0.05, 0) is 24.6 Å². The van der Waals surface area contributed by atoms with Crippen molar-refractivity contribution in [2.45, 2.75) is 13.3 Å². The zero-order chi connectivity index (χ0) is 13.5. The Balaban J connectivity index is 1.94. The van der Waals surface area contributed by atoms with Gasteiger partial charge >= 0.3 is 0 Å². The fourth-order valence-electron chi connectivity index (χ4n) is 2.25. The highest BCUT2D eigenvalue weighted by atomic mass is 15.3. The van der Waals surface area contributed by atoms with E-state index in [1.54, 1.807) is 0 Å². The van der Waals surface area contributed by atoms with Crippen molar-refractivity contribution in [2.24, 2.45) is 4.99 Å². The monoisotopic (exact) mass is 258 g/mol. The highest BCUT2D eigenvalue weighted by Crippen LogP contribution is 2.13. The molecule has 1 fully saturated rings. The zero-order valence-electron chi connectivity index (χ0n) is 11.8. The standard InChI is InChI=1S/C15H22N4/c1-3-4-7-14(16-2)18-10-12-19(13-11-18)15-8-5-6-9-17-15/h4-9H,3,10-13H2,1-2H3/b7-4-,16-14?. The minimum atomic E-state index is 0.996. The van der Waals surface area contributed by atoms with Crippen LogP contribution in [0.25, 0.3) is 0 Å². The van der Waals surface area contributed by atoms with E-state index in [4.69, 9.17) is 0 Å². The average molecular weight is 258 g/mol. The van der Waals surface area contributed by atoms with Crippen LogP contribution in [0.5, 0.6) is 0 Å². The van der Waals surface area contributed by atoms with Crippen LogP contribution in [0.1, 0.15) is 13.3 Å². The third-order valence-electron chi connectivity index (χ3n) is 3.31. The molecule has 0 aliphatic carbocycles. The molecular weight excluding hydrogens is 236 g/mol. The molecule has 1 aliphatic rings. The number of hydrogen-bond donors (Lipinski definition) is 0. The molecule has 2 heterocycles. The number of pyridine rings is 1. The largest absolute Gasteiger partial charge is 0.353 e. The first-order chi connectivity index (χ1) is 9.35. The smallest absolute Gasteiger partial charge is 0.128 e. The van der Waals surface area contributed by atoms with Crippen molar-refractivity contribution in [3.63, 3.8) is 0 Å². The molecule has 2 rings (SSSR count). The summed E-state index contributed by atoms with van der Waals surface area (Å²) < 4.78 is 0. The molecule has 4 nitrogen and oxygen atoms in total. The lowest BCUT2D eigenvalue weighted by molar-refractivity contribution is 0.386. The summed E-state index contributed by atoms with van der Waals surface area (Å²) in [6.45, 7) is 6.13. The Morgan fingerprint density at radius 1 is 1.32 bits per heavy atom. The molecule has 4 heteroatoms. The number of allylic oxidation sites excluding steroid dienone is 1. The van der Waals surface area contributed by atoms with Gasteiger partial charge in [0.15, 0.2) is 0 Å². The molecule has 1 aliphatic heterocycles. The van der Waals surface area contributed by atoms with Gasteiger partial charge < -0.3 is 9.80 Å². The van der Waals surface area contributed by atoms with E-state index in [1.165, 1.54) is 0 Å². The lowest BCUT2D eigenvalue weighted by Crippen LogP contribution is -2.48. The molecule has 0 spiro atoms. The number of rotatable bonds is 3. The normalized spacial score (nSPS) is 17.3. The van der Waals surface area contributed by atoms with Gasteiger partial charge in [-0.1, -0.05) is 19.1 Å². The molecular formula is C15H22N4. The summed E-state index contributed by atoms with van der Waals surface area (Å²) in [6, 6.07) is 6.07. The van der Waals surface area contributed by atoms with E-state index in [9.17, 15) is 0 Å². The lowest BCUT2D eigenvalue weighted by atomic mass is 10.2.